The summed E-state index contributed by atoms with van der Waals surface area (Å²) in [6, 6.07) is 18.9. The molecule has 1 aliphatic rings. The number of carbonyl (C=O) groups excluding carboxylic acids is 2. The van der Waals surface area contributed by atoms with Gasteiger partial charge in [-0.05, 0) is 42.0 Å². The molecule has 0 atom stereocenters. The van der Waals surface area contributed by atoms with Gasteiger partial charge >= 0.3 is 0 Å². The number of aromatic nitrogens is 1. The SMILES string of the molecule is O=C1c2ccccc2C(=O)N1c1ccc2nc(SCc3ccccc3F)sc2c1. The van der Waals surface area contributed by atoms with Gasteiger partial charge in [0.15, 0.2) is 4.34 Å². The van der Waals surface area contributed by atoms with E-state index in [-0.39, 0.29) is 17.6 Å². The van der Waals surface area contributed by atoms with Crippen LogP contribution in [0.5, 0.6) is 0 Å². The largest absolute Gasteiger partial charge is 0.268 e. The van der Waals surface area contributed by atoms with E-state index in [4.69, 9.17) is 0 Å². The lowest BCUT2D eigenvalue weighted by atomic mass is 10.1. The average Bonchev–Trinajstić information content (AvgIpc) is 3.25. The third-order valence-electron chi connectivity index (χ3n) is 4.71. The summed E-state index contributed by atoms with van der Waals surface area (Å²) in [5, 5.41) is 0. The number of hydrogen-bond acceptors (Lipinski definition) is 5. The van der Waals surface area contributed by atoms with E-state index in [0.29, 0.717) is 28.1 Å². The van der Waals surface area contributed by atoms with Crippen LogP contribution in [0.3, 0.4) is 0 Å². The minimum Gasteiger partial charge on any atom is -0.268 e. The molecule has 142 valence electrons. The molecule has 0 bridgehead atoms. The summed E-state index contributed by atoms with van der Waals surface area (Å²) in [6.07, 6.45) is 0. The molecule has 2 amide bonds. The van der Waals surface area contributed by atoms with Crippen LogP contribution in [0.15, 0.2) is 71.1 Å². The number of anilines is 1. The fourth-order valence-electron chi connectivity index (χ4n) is 3.27. The molecule has 29 heavy (non-hydrogen) atoms. The number of nitrogens with zero attached hydrogens (tertiary/aromatic N) is 2. The predicted octanol–water partition coefficient (Wildman–Crippen LogP) is 5.53. The fraction of sp³-hybridized carbons (Fsp3) is 0.0455. The summed E-state index contributed by atoms with van der Waals surface area (Å²) < 4.78 is 15.5. The highest BCUT2D eigenvalue weighted by molar-refractivity contribution is 8.00. The summed E-state index contributed by atoms with van der Waals surface area (Å²) >= 11 is 2.92. The fourth-order valence-corrected chi connectivity index (χ4v) is 5.36. The van der Waals surface area contributed by atoms with Crippen LogP contribution in [-0.4, -0.2) is 16.8 Å². The number of imide groups is 1. The first-order valence-corrected chi connectivity index (χ1v) is 10.7. The Morgan fingerprint density at radius 3 is 2.34 bits per heavy atom. The van der Waals surface area contributed by atoms with E-state index < -0.39 is 0 Å². The van der Waals surface area contributed by atoms with Gasteiger partial charge in [0.25, 0.3) is 11.8 Å². The van der Waals surface area contributed by atoms with E-state index in [1.165, 1.54) is 34.1 Å². The van der Waals surface area contributed by atoms with Gasteiger partial charge in [-0.3, -0.25) is 9.59 Å². The molecule has 0 saturated carbocycles. The smallest absolute Gasteiger partial charge is 0.266 e. The number of thiazole rings is 1. The minimum absolute atomic E-state index is 0.228. The topological polar surface area (TPSA) is 50.3 Å². The highest BCUT2D eigenvalue weighted by atomic mass is 32.2. The van der Waals surface area contributed by atoms with Crippen molar-refractivity contribution in [2.24, 2.45) is 0 Å². The van der Waals surface area contributed by atoms with Crippen LogP contribution in [0.4, 0.5) is 10.1 Å². The van der Waals surface area contributed by atoms with E-state index >= 15 is 0 Å². The summed E-state index contributed by atoms with van der Waals surface area (Å²) in [6.45, 7) is 0. The number of benzene rings is 3. The number of thioether (sulfide) groups is 1. The molecule has 1 aliphatic heterocycles. The lowest BCUT2D eigenvalue weighted by Crippen LogP contribution is -2.29. The van der Waals surface area contributed by atoms with Gasteiger partial charge in [0.1, 0.15) is 5.82 Å². The van der Waals surface area contributed by atoms with Gasteiger partial charge in [-0.15, -0.1) is 11.3 Å². The highest BCUT2D eigenvalue weighted by Crippen LogP contribution is 2.36. The molecule has 5 rings (SSSR count). The number of amides is 2. The molecule has 7 heteroatoms. The van der Waals surface area contributed by atoms with Crippen LogP contribution in [0.25, 0.3) is 10.2 Å². The van der Waals surface area contributed by atoms with Gasteiger partial charge in [0.2, 0.25) is 0 Å². The number of rotatable bonds is 4. The zero-order valence-electron chi connectivity index (χ0n) is 15.0. The van der Waals surface area contributed by atoms with Crippen molar-refractivity contribution in [1.29, 1.82) is 0 Å². The van der Waals surface area contributed by atoms with E-state index in [1.807, 2.05) is 12.1 Å². The third-order valence-corrected chi connectivity index (χ3v) is 6.92. The first-order chi connectivity index (χ1) is 14.1. The van der Waals surface area contributed by atoms with Crippen molar-refractivity contribution < 1.29 is 14.0 Å². The van der Waals surface area contributed by atoms with Crippen LogP contribution < -0.4 is 4.90 Å². The van der Waals surface area contributed by atoms with Gasteiger partial charge in [0.05, 0.1) is 27.0 Å². The quantitative estimate of drug-likeness (QED) is 0.322. The number of halogens is 1. The monoisotopic (exact) mass is 420 g/mol. The Labute approximate surface area is 174 Å². The van der Waals surface area contributed by atoms with E-state index in [0.717, 1.165) is 14.6 Å². The van der Waals surface area contributed by atoms with Crippen molar-refractivity contribution >= 4 is 50.8 Å². The number of carbonyl (C=O) groups is 2. The van der Waals surface area contributed by atoms with E-state index in [1.54, 1.807) is 48.5 Å². The van der Waals surface area contributed by atoms with Gasteiger partial charge in [0, 0.05) is 5.75 Å². The number of hydrogen-bond donors (Lipinski definition) is 0. The van der Waals surface area contributed by atoms with Gasteiger partial charge in [-0.2, -0.15) is 0 Å². The average molecular weight is 420 g/mol. The maximum Gasteiger partial charge on any atom is 0.266 e. The molecule has 0 saturated heterocycles. The first kappa shape index (κ1) is 18.0. The second-order valence-electron chi connectivity index (χ2n) is 6.50. The molecule has 0 unspecified atom stereocenters. The Bertz CT molecular complexity index is 1250. The summed E-state index contributed by atoms with van der Waals surface area (Å²) in [4.78, 5) is 31.2. The molecular formula is C22H13FN2O2S2. The molecule has 4 aromatic rings. The normalized spacial score (nSPS) is 13.3. The molecule has 0 radical (unpaired) electrons. The zero-order chi connectivity index (χ0) is 20.0. The van der Waals surface area contributed by atoms with Gasteiger partial charge in [-0.1, -0.05) is 42.1 Å². The molecule has 0 fully saturated rings. The molecular weight excluding hydrogens is 407 g/mol. The second kappa shape index (κ2) is 7.09. The van der Waals surface area contributed by atoms with Crippen LogP contribution in [-0.2, 0) is 5.75 Å². The summed E-state index contributed by atoms with van der Waals surface area (Å²) in [5.41, 5.74) is 2.78. The van der Waals surface area contributed by atoms with E-state index in [2.05, 4.69) is 4.98 Å². The Kier molecular flexibility index (Phi) is 4.41. The summed E-state index contributed by atoms with van der Waals surface area (Å²) in [5.74, 6) is -0.376. The van der Waals surface area contributed by atoms with Gasteiger partial charge in [-0.25, -0.2) is 14.3 Å². The van der Waals surface area contributed by atoms with Crippen molar-refractivity contribution in [3.63, 3.8) is 0 Å². The van der Waals surface area contributed by atoms with Crippen LogP contribution in [0.2, 0.25) is 0 Å². The van der Waals surface area contributed by atoms with Crippen molar-refractivity contribution in [2.75, 3.05) is 4.90 Å². The Balaban J connectivity index is 1.42. The lowest BCUT2D eigenvalue weighted by molar-refractivity contribution is 0.0926. The maximum atomic E-state index is 13.8. The lowest BCUT2D eigenvalue weighted by Gasteiger charge is -2.13. The standard InChI is InChI=1S/C22H13FN2O2S2/c23-17-8-4-1-5-13(17)12-28-22-24-18-10-9-14(11-19(18)29-22)25-20(26)15-6-2-3-7-16(15)21(25)27/h1-11H,12H2. The molecule has 0 N–H and O–H groups in total. The molecule has 0 aliphatic carbocycles. The van der Waals surface area contributed by atoms with Crippen molar-refractivity contribution in [3.8, 4) is 0 Å². The zero-order valence-corrected chi connectivity index (χ0v) is 16.6. The van der Waals surface area contributed by atoms with Crippen LogP contribution in [0, 0.1) is 5.82 Å². The Morgan fingerprint density at radius 1 is 0.931 bits per heavy atom. The molecule has 1 aromatic heterocycles. The first-order valence-electron chi connectivity index (χ1n) is 8.86. The maximum absolute atomic E-state index is 13.8. The second-order valence-corrected chi connectivity index (χ2v) is 8.76. The molecule has 4 nitrogen and oxygen atoms in total. The van der Waals surface area contributed by atoms with Crippen molar-refractivity contribution in [3.05, 3.63) is 89.2 Å². The predicted molar refractivity (Wildman–Crippen MR) is 113 cm³/mol. The van der Waals surface area contributed by atoms with Gasteiger partial charge < -0.3 is 0 Å². The van der Waals surface area contributed by atoms with Crippen molar-refractivity contribution in [1.82, 2.24) is 4.98 Å². The summed E-state index contributed by atoms with van der Waals surface area (Å²) in [7, 11) is 0. The molecule has 0 spiro atoms. The highest BCUT2D eigenvalue weighted by Gasteiger charge is 2.36. The molecule has 2 heterocycles. The Morgan fingerprint density at radius 2 is 1.62 bits per heavy atom. The van der Waals surface area contributed by atoms with E-state index in [9.17, 15) is 14.0 Å². The van der Waals surface area contributed by atoms with Crippen LogP contribution >= 0.6 is 23.1 Å². The molecule has 3 aromatic carbocycles. The van der Waals surface area contributed by atoms with Crippen LogP contribution in [0.1, 0.15) is 26.3 Å². The third kappa shape index (κ3) is 3.12. The number of fused-ring (bicyclic) bond motifs is 2. The Hall–Kier alpha value is -3.03. The minimum atomic E-state index is -0.316. The van der Waals surface area contributed by atoms with Crippen molar-refractivity contribution in [2.45, 2.75) is 10.1 Å².